The van der Waals surface area contributed by atoms with E-state index in [1.165, 1.54) is 5.19 Å². The molecule has 1 atom stereocenters. The van der Waals surface area contributed by atoms with Gasteiger partial charge in [0.25, 0.3) is 0 Å². The molecular weight excluding hydrogens is 228 g/mol. The van der Waals surface area contributed by atoms with Gasteiger partial charge in [0.1, 0.15) is 0 Å². The van der Waals surface area contributed by atoms with Crippen LogP contribution in [0.15, 0.2) is 42.5 Å². The van der Waals surface area contributed by atoms with Crippen LogP contribution in [0.5, 0.6) is 0 Å². The first-order chi connectivity index (χ1) is 8.08. The van der Waals surface area contributed by atoms with E-state index in [1.54, 1.807) is 6.08 Å². The molecule has 0 aromatic heterocycles. The lowest BCUT2D eigenvalue weighted by atomic mass is 10.1. The smallest absolute Gasteiger partial charge is 0.330 e. The van der Waals surface area contributed by atoms with E-state index in [4.69, 9.17) is 4.74 Å². The zero-order chi connectivity index (χ0) is 12.3. The fourth-order valence-corrected chi connectivity index (χ4v) is 5.19. The third-order valence-electron chi connectivity index (χ3n) is 3.27. The lowest BCUT2D eigenvalue weighted by Gasteiger charge is -2.28. The van der Waals surface area contributed by atoms with Crippen molar-refractivity contribution in [2.45, 2.75) is 19.1 Å². The summed E-state index contributed by atoms with van der Waals surface area (Å²) in [6, 6.07) is 11.8. The number of cyclic esters (lactones) is 1. The molecule has 0 aliphatic carbocycles. The van der Waals surface area contributed by atoms with E-state index < -0.39 is 8.07 Å². The minimum atomic E-state index is -1.43. The number of benzene rings is 1. The quantitative estimate of drug-likeness (QED) is 0.604. The van der Waals surface area contributed by atoms with Crippen LogP contribution in [0.1, 0.15) is 0 Å². The van der Waals surface area contributed by atoms with Gasteiger partial charge in [-0.3, -0.25) is 0 Å². The molecule has 1 aliphatic heterocycles. The normalized spacial score (nSPS) is 20.1. The molecule has 2 nitrogen and oxygen atoms in total. The third kappa shape index (κ3) is 3.06. The Kier molecular flexibility index (Phi) is 3.48. The van der Waals surface area contributed by atoms with E-state index in [-0.39, 0.29) is 5.97 Å². The van der Waals surface area contributed by atoms with Crippen molar-refractivity contribution in [1.29, 1.82) is 0 Å². The maximum absolute atomic E-state index is 10.9. The molecule has 3 heteroatoms. The fraction of sp³-hybridized carbons (Fsp3) is 0.357. The molecule has 0 fully saturated rings. The zero-order valence-electron chi connectivity index (χ0n) is 10.3. The van der Waals surface area contributed by atoms with E-state index in [0.717, 1.165) is 6.04 Å². The molecule has 0 amide bonds. The van der Waals surface area contributed by atoms with Crippen LogP contribution in [-0.2, 0) is 9.53 Å². The van der Waals surface area contributed by atoms with Crippen molar-refractivity contribution >= 4 is 19.2 Å². The summed E-state index contributed by atoms with van der Waals surface area (Å²) in [4.78, 5) is 10.9. The highest BCUT2D eigenvalue weighted by Crippen LogP contribution is 2.21. The number of esters is 1. The molecule has 1 unspecified atom stereocenters. The molecular formula is C14H18O2Si. The first kappa shape index (κ1) is 12.1. The van der Waals surface area contributed by atoms with Gasteiger partial charge in [-0.25, -0.2) is 4.79 Å². The number of hydrogen-bond donors (Lipinski definition) is 0. The number of rotatable bonds is 3. The summed E-state index contributed by atoms with van der Waals surface area (Å²) in [5.74, 6) is 0.176. The fourth-order valence-electron chi connectivity index (χ4n) is 2.30. The van der Waals surface area contributed by atoms with Crippen LogP contribution in [0.2, 0.25) is 19.1 Å². The van der Waals surface area contributed by atoms with Crippen LogP contribution in [-0.4, -0.2) is 20.7 Å². The Bertz CT molecular complexity index is 423. The van der Waals surface area contributed by atoms with Crippen molar-refractivity contribution in [3.8, 4) is 0 Å². The molecule has 2 rings (SSSR count). The summed E-state index contributed by atoms with van der Waals surface area (Å²) in [5, 5.41) is 1.46. The highest BCUT2D eigenvalue weighted by atomic mass is 28.3. The maximum atomic E-state index is 10.9. The number of hydrogen-bond acceptors (Lipinski definition) is 2. The number of carbonyl (C=O) groups is 1. The molecule has 1 aliphatic rings. The Morgan fingerprint density at radius 1 is 1.29 bits per heavy atom. The lowest BCUT2D eigenvalue weighted by molar-refractivity contribution is -0.139. The van der Waals surface area contributed by atoms with Gasteiger partial charge in [0.2, 0.25) is 0 Å². The minimum absolute atomic E-state index is 0.208. The van der Waals surface area contributed by atoms with Crippen molar-refractivity contribution in [2.24, 2.45) is 5.92 Å². The van der Waals surface area contributed by atoms with Crippen molar-refractivity contribution in [3.63, 3.8) is 0 Å². The first-order valence-electron chi connectivity index (χ1n) is 5.98. The van der Waals surface area contributed by atoms with E-state index >= 15 is 0 Å². The molecule has 0 saturated heterocycles. The van der Waals surface area contributed by atoms with E-state index in [1.807, 2.05) is 6.08 Å². The molecule has 1 heterocycles. The van der Waals surface area contributed by atoms with Crippen molar-refractivity contribution in [3.05, 3.63) is 42.5 Å². The van der Waals surface area contributed by atoms with Crippen LogP contribution in [0.4, 0.5) is 0 Å². The van der Waals surface area contributed by atoms with Gasteiger partial charge in [0.15, 0.2) is 0 Å². The monoisotopic (exact) mass is 246 g/mol. The van der Waals surface area contributed by atoms with Gasteiger partial charge in [-0.05, 0) is 6.04 Å². The van der Waals surface area contributed by atoms with Gasteiger partial charge in [0, 0.05) is 12.0 Å². The van der Waals surface area contributed by atoms with E-state index in [2.05, 4.69) is 43.4 Å². The molecule has 0 bridgehead atoms. The Hall–Kier alpha value is -1.35. The van der Waals surface area contributed by atoms with Gasteiger partial charge in [-0.15, -0.1) is 0 Å². The molecule has 90 valence electrons. The summed E-state index contributed by atoms with van der Waals surface area (Å²) in [7, 11) is -1.43. The standard InChI is InChI=1S/C14H18O2Si/c1-17(2,13-6-4-3-5-7-13)11-12-8-9-14(15)16-10-12/h3-9,12H,10-11H2,1-2H3. The van der Waals surface area contributed by atoms with Gasteiger partial charge in [-0.2, -0.15) is 0 Å². The van der Waals surface area contributed by atoms with Crippen LogP contribution in [0.25, 0.3) is 0 Å². The highest BCUT2D eigenvalue weighted by molar-refractivity contribution is 6.89. The summed E-state index contributed by atoms with van der Waals surface area (Å²) < 4.78 is 5.07. The van der Waals surface area contributed by atoms with Crippen LogP contribution >= 0.6 is 0 Å². The molecule has 0 N–H and O–H groups in total. The van der Waals surface area contributed by atoms with Gasteiger partial charge >= 0.3 is 5.97 Å². The Morgan fingerprint density at radius 3 is 2.59 bits per heavy atom. The molecule has 0 spiro atoms. The second kappa shape index (κ2) is 4.88. The molecule has 1 aromatic carbocycles. The number of carbonyl (C=O) groups excluding carboxylic acids is 1. The maximum Gasteiger partial charge on any atom is 0.330 e. The van der Waals surface area contributed by atoms with Gasteiger partial charge in [0.05, 0.1) is 14.7 Å². The average molecular weight is 246 g/mol. The Morgan fingerprint density at radius 2 is 2.00 bits per heavy atom. The van der Waals surface area contributed by atoms with Crippen molar-refractivity contribution in [2.75, 3.05) is 6.61 Å². The van der Waals surface area contributed by atoms with Crippen molar-refractivity contribution < 1.29 is 9.53 Å². The van der Waals surface area contributed by atoms with E-state index in [9.17, 15) is 4.79 Å². The average Bonchev–Trinajstić information content (AvgIpc) is 2.33. The largest absolute Gasteiger partial charge is 0.462 e. The lowest BCUT2D eigenvalue weighted by Crippen LogP contribution is -2.43. The topological polar surface area (TPSA) is 26.3 Å². The Balaban J connectivity index is 2.07. The molecule has 0 saturated carbocycles. The first-order valence-corrected chi connectivity index (χ1v) is 9.19. The van der Waals surface area contributed by atoms with Crippen LogP contribution in [0.3, 0.4) is 0 Å². The van der Waals surface area contributed by atoms with Crippen LogP contribution < -0.4 is 5.19 Å². The molecule has 0 radical (unpaired) electrons. The second-order valence-corrected chi connectivity index (χ2v) is 9.96. The molecule has 17 heavy (non-hydrogen) atoms. The zero-order valence-corrected chi connectivity index (χ0v) is 11.3. The predicted octanol–water partition coefficient (Wildman–Crippen LogP) is 2.33. The summed E-state index contributed by atoms with van der Waals surface area (Å²) in [5.41, 5.74) is 0. The SMILES string of the molecule is C[Si](C)(CC1C=CC(=O)OC1)c1ccccc1. The molecule has 1 aromatic rings. The minimum Gasteiger partial charge on any atom is -0.462 e. The summed E-state index contributed by atoms with van der Waals surface area (Å²) >= 11 is 0. The van der Waals surface area contributed by atoms with Crippen LogP contribution in [0, 0.1) is 5.92 Å². The van der Waals surface area contributed by atoms with E-state index in [0.29, 0.717) is 12.5 Å². The summed E-state index contributed by atoms with van der Waals surface area (Å²) in [6.07, 6.45) is 3.56. The third-order valence-corrected chi connectivity index (χ3v) is 6.71. The summed E-state index contributed by atoms with van der Waals surface area (Å²) in [6.45, 7) is 5.28. The highest BCUT2D eigenvalue weighted by Gasteiger charge is 2.28. The van der Waals surface area contributed by atoms with Gasteiger partial charge < -0.3 is 4.74 Å². The predicted molar refractivity (Wildman–Crippen MR) is 72.0 cm³/mol. The number of ether oxygens (including phenoxy) is 1. The Labute approximate surface area is 103 Å². The second-order valence-electron chi connectivity index (χ2n) is 5.20. The van der Waals surface area contributed by atoms with Crippen molar-refractivity contribution in [1.82, 2.24) is 0 Å². The van der Waals surface area contributed by atoms with Gasteiger partial charge in [-0.1, -0.05) is 54.7 Å².